The van der Waals surface area contributed by atoms with Crippen LogP contribution in [0.5, 0.6) is 0 Å². The highest BCUT2D eigenvalue weighted by molar-refractivity contribution is 5.85. The van der Waals surface area contributed by atoms with E-state index in [2.05, 4.69) is 5.32 Å². The Morgan fingerprint density at radius 1 is 1.33 bits per heavy atom. The van der Waals surface area contributed by atoms with Gasteiger partial charge in [0.05, 0.1) is 6.04 Å². The van der Waals surface area contributed by atoms with E-state index in [-0.39, 0.29) is 24.4 Å². The Kier molecular flexibility index (Phi) is 6.69. The molecule has 132 valence electrons. The van der Waals surface area contributed by atoms with E-state index < -0.39 is 0 Å². The second-order valence-corrected chi connectivity index (χ2v) is 6.60. The third kappa shape index (κ3) is 4.31. The largest absolute Gasteiger partial charge is 0.459 e. The maximum Gasteiger partial charge on any atom is 0.222 e. The van der Waals surface area contributed by atoms with Crippen molar-refractivity contribution in [3.8, 4) is 0 Å². The maximum atomic E-state index is 12.5. The van der Waals surface area contributed by atoms with E-state index in [1.807, 2.05) is 49.2 Å². The second kappa shape index (κ2) is 8.54. The molecular formula is C19H27ClN2O2. The van der Waals surface area contributed by atoms with Crippen LogP contribution in [0.15, 0.2) is 34.7 Å². The van der Waals surface area contributed by atoms with E-state index in [9.17, 15) is 4.79 Å². The van der Waals surface area contributed by atoms with Gasteiger partial charge in [-0.2, -0.15) is 0 Å². The predicted octanol–water partition coefficient (Wildman–Crippen LogP) is 4.15. The topological polar surface area (TPSA) is 45.5 Å². The highest BCUT2D eigenvalue weighted by Crippen LogP contribution is 2.27. The first-order valence-corrected chi connectivity index (χ1v) is 8.60. The van der Waals surface area contributed by atoms with Crippen LogP contribution in [0.4, 0.5) is 0 Å². The fourth-order valence-corrected chi connectivity index (χ4v) is 3.29. The normalized spacial score (nSPS) is 16.6. The van der Waals surface area contributed by atoms with Crippen LogP contribution in [0.3, 0.4) is 0 Å². The molecule has 0 spiro atoms. The molecule has 1 fully saturated rings. The molecule has 0 radical (unpaired) electrons. The molecule has 1 aliphatic heterocycles. The molecule has 1 saturated heterocycles. The molecule has 1 aromatic heterocycles. The summed E-state index contributed by atoms with van der Waals surface area (Å²) < 4.78 is 5.89. The van der Waals surface area contributed by atoms with Crippen molar-refractivity contribution < 1.29 is 9.21 Å². The fourth-order valence-electron chi connectivity index (χ4n) is 3.29. The van der Waals surface area contributed by atoms with Crippen molar-refractivity contribution in [2.75, 3.05) is 20.1 Å². The first kappa shape index (κ1) is 18.8. The van der Waals surface area contributed by atoms with E-state index in [0.29, 0.717) is 12.3 Å². The average Bonchev–Trinajstić information content (AvgIpc) is 3.03. The molecule has 1 aromatic carbocycles. The van der Waals surface area contributed by atoms with Gasteiger partial charge in [-0.25, -0.2) is 0 Å². The quantitative estimate of drug-likeness (QED) is 0.880. The van der Waals surface area contributed by atoms with Crippen molar-refractivity contribution in [1.29, 1.82) is 0 Å². The van der Waals surface area contributed by atoms with Crippen LogP contribution in [0.25, 0.3) is 11.0 Å². The summed E-state index contributed by atoms with van der Waals surface area (Å²) in [4.78, 5) is 14.3. The van der Waals surface area contributed by atoms with Crippen LogP contribution < -0.4 is 5.32 Å². The minimum atomic E-state index is -0.0390. The van der Waals surface area contributed by atoms with E-state index in [0.717, 1.165) is 36.2 Å². The van der Waals surface area contributed by atoms with Gasteiger partial charge >= 0.3 is 0 Å². The number of rotatable bonds is 5. The number of nitrogens with zero attached hydrogens (tertiary/aromatic N) is 1. The van der Waals surface area contributed by atoms with Gasteiger partial charge in [-0.3, -0.25) is 4.79 Å². The zero-order valence-corrected chi connectivity index (χ0v) is 15.3. The highest BCUT2D eigenvalue weighted by atomic mass is 35.5. The molecule has 0 saturated carbocycles. The summed E-state index contributed by atoms with van der Waals surface area (Å²) in [6, 6.07) is 9.96. The second-order valence-electron chi connectivity index (χ2n) is 6.60. The van der Waals surface area contributed by atoms with Crippen molar-refractivity contribution in [1.82, 2.24) is 10.2 Å². The van der Waals surface area contributed by atoms with Gasteiger partial charge in [-0.1, -0.05) is 18.2 Å². The van der Waals surface area contributed by atoms with E-state index in [4.69, 9.17) is 4.42 Å². The first-order valence-electron chi connectivity index (χ1n) is 8.60. The summed E-state index contributed by atoms with van der Waals surface area (Å²) in [5.74, 6) is 1.75. The van der Waals surface area contributed by atoms with Crippen LogP contribution in [0, 0.1) is 5.92 Å². The van der Waals surface area contributed by atoms with E-state index >= 15 is 0 Å². The lowest BCUT2D eigenvalue weighted by Gasteiger charge is -2.26. The van der Waals surface area contributed by atoms with Crippen LogP contribution >= 0.6 is 12.4 Å². The zero-order valence-electron chi connectivity index (χ0n) is 14.5. The Morgan fingerprint density at radius 2 is 2.04 bits per heavy atom. The molecule has 0 aliphatic carbocycles. The molecule has 4 nitrogen and oxygen atoms in total. The monoisotopic (exact) mass is 350 g/mol. The number of halogens is 1. The third-order valence-corrected chi connectivity index (χ3v) is 5.06. The molecule has 1 unspecified atom stereocenters. The molecule has 2 heterocycles. The van der Waals surface area contributed by atoms with Crippen molar-refractivity contribution in [3.63, 3.8) is 0 Å². The Balaban J connectivity index is 0.00000208. The number of nitrogens with one attached hydrogen (secondary N) is 1. The number of piperidine rings is 1. The molecule has 24 heavy (non-hydrogen) atoms. The lowest BCUT2D eigenvalue weighted by Crippen LogP contribution is -2.31. The number of para-hydroxylation sites is 1. The van der Waals surface area contributed by atoms with E-state index in [1.165, 1.54) is 12.8 Å². The Labute approximate surface area is 150 Å². The number of hydrogen-bond donors (Lipinski definition) is 1. The zero-order chi connectivity index (χ0) is 16.2. The summed E-state index contributed by atoms with van der Waals surface area (Å²) in [5, 5.41) is 4.46. The smallest absolute Gasteiger partial charge is 0.222 e. The number of carbonyl (C=O) groups is 1. The SMILES string of the molecule is CC(c1cc2ccccc2o1)N(C)C(=O)CCC1CCNCC1.Cl. The minimum absolute atomic E-state index is 0. The van der Waals surface area contributed by atoms with Crippen molar-refractivity contribution in [3.05, 3.63) is 36.1 Å². The summed E-state index contributed by atoms with van der Waals surface area (Å²) in [6.07, 6.45) is 4.01. The molecule has 1 N–H and O–H groups in total. The molecule has 0 bridgehead atoms. The third-order valence-electron chi connectivity index (χ3n) is 5.06. The van der Waals surface area contributed by atoms with Crippen molar-refractivity contribution in [2.45, 2.75) is 38.6 Å². The minimum Gasteiger partial charge on any atom is -0.459 e. The number of hydrogen-bond acceptors (Lipinski definition) is 3. The fraction of sp³-hybridized carbons (Fsp3) is 0.526. The van der Waals surface area contributed by atoms with Gasteiger partial charge in [-0.05, 0) is 57.3 Å². The van der Waals surface area contributed by atoms with Crippen LogP contribution in [-0.4, -0.2) is 30.9 Å². The van der Waals surface area contributed by atoms with Crippen molar-refractivity contribution >= 4 is 29.3 Å². The highest BCUT2D eigenvalue weighted by Gasteiger charge is 2.22. The molecule has 1 aliphatic rings. The summed E-state index contributed by atoms with van der Waals surface area (Å²) in [6.45, 7) is 4.20. The molecule has 1 amide bonds. The standard InChI is InChI=1S/C19H26N2O2.ClH/c1-14(18-13-16-5-3-4-6-17(16)23-18)21(2)19(22)8-7-15-9-11-20-12-10-15;/h3-6,13-15,20H,7-12H2,1-2H3;1H. The lowest BCUT2D eigenvalue weighted by atomic mass is 9.93. The van der Waals surface area contributed by atoms with Gasteiger partial charge in [0, 0.05) is 18.9 Å². The van der Waals surface area contributed by atoms with Crippen LogP contribution in [-0.2, 0) is 4.79 Å². The van der Waals surface area contributed by atoms with Crippen LogP contribution in [0.2, 0.25) is 0 Å². The van der Waals surface area contributed by atoms with E-state index in [1.54, 1.807) is 0 Å². The van der Waals surface area contributed by atoms with Gasteiger partial charge in [0.25, 0.3) is 0 Å². The Hall–Kier alpha value is -1.52. The Bertz CT molecular complexity index is 631. The van der Waals surface area contributed by atoms with Gasteiger partial charge in [-0.15, -0.1) is 12.4 Å². The number of furan rings is 1. The predicted molar refractivity (Wildman–Crippen MR) is 99.5 cm³/mol. The summed E-state index contributed by atoms with van der Waals surface area (Å²) >= 11 is 0. The maximum absolute atomic E-state index is 12.5. The molecular weight excluding hydrogens is 324 g/mol. The van der Waals surface area contributed by atoms with Crippen molar-refractivity contribution in [2.24, 2.45) is 5.92 Å². The van der Waals surface area contributed by atoms with Gasteiger partial charge in [0.2, 0.25) is 5.91 Å². The Morgan fingerprint density at radius 3 is 2.75 bits per heavy atom. The molecule has 5 heteroatoms. The summed E-state index contributed by atoms with van der Waals surface area (Å²) in [7, 11) is 1.88. The molecule has 1 atom stereocenters. The first-order chi connectivity index (χ1) is 11.1. The molecule has 3 rings (SSSR count). The van der Waals surface area contributed by atoms with Gasteiger partial charge in [0.15, 0.2) is 0 Å². The van der Waals surface area contributed by atoms with Gasteiger partial charge in [0.1, 0.15) is 11.3 Å². The van der Waals surface area contributed by atoms with Crippen LogP contribution in [0.1, 0.15) is 44.4 Å². The molecule has 2 aromatic rings. The average molecular weight is 351 g/mol. The summed E-state index contributed by atoms with van der Waals surface area (Å²) in [5.41, 5.74) is 0.880. The number of amides is 1. The number of benzene rings is 1. The lowest BCUT2D eigenvalue weighted by molar-refractivity contribution is -0.132. The van der Waals surface area contributed by atoms with Gasteiger partial charge < -0.3 is 14.6 Å². The number of fused-ring (bicyclic) bond motifs is 1. The number of carbonyl (C=O) groups excluding carboxylic acids is 1.